The van der Waals surface area contributed by atoms with Crippen molar-refractivity contribution in [1.29, 1.82) is 0 Å². The molecule has 0 heterocycles. The topological polar surface area (TPSA) is 230 Å². The van der Waals surface area contributed by atoms with Gasteiger partial charge in [-0.1, -0.05) is 103 Å². The maximum absolute atomic E-state index is 11.7. The lowest BCUT2D eigenvalue weighted by atomic mass is 10.0. The number of hydrogen-bond donors (Lipinski definition) is 5. The molecule has 0 aliphatic heterocycles. The molecule has 4 aromatic rings. The minimum absolute atomic E-state index is 0.00798. The van der Waals surface area contributed by atoms with Crippen LogP contribution in [0.1, 0.15) is 103 Å². The van der Waals surface area contributed by atoms with Crippen LogP contribution < -0.4 is 26.4 Å². The molecule has 6 atom stereocenters. The molecule has 0 aromatic heterocycles. The molecule has 75 heavy (non-hydrogen) atoms. The summed E-state index contributed by atoms with van der Waals surface area (Å²) in [6.45, 7) is 16.8. The molecule has 0 radical (unpaired) electrons. The fourth-order valence-corrected chi connectivity index (χ4v) is 8.41. The number of methoxy groups -OCH3 is 2. The summed E-state index contributed by atoms with van der Waals surface area (Å²) in [5.74, 6) is 2.41. The van der Waals surface area contributed by atoms with Crippen LogP contribution in [0.15, 0.2) is 109 Å². The average Bonchev–Trinajstić information content (AvgIpc) is 3.36. The minimum Gasteiger partial charge on any atom is -0.497 e. The predicted molar refractivity (Wildman–Crippen MR) is 302 cm³/mol. The van der Waals surface area contributed by atoms with Crippen LogP contribution in [0.2, 0.25) is 0 Å². The number of ketones is 4. The summed E-state index contributed by atoms with van der Waals surface area (Å²) < 4.78 is 15.0. The zero-order valence-corrected chi connectivity index (χ0v) is 47.6. The number of ether oxygens (including phenoxy) is 3. The van der Waals surface area contributed by atoms with Gasteiger partial charge in [-0.2, -0.15) is 23.5 Å². The third-order valence-corrected chi connectivity index (χ3v) is 13.4. The quantitative estimate of drug-likeness (QED) is 0.0370. The highest BCUT2D eigenvalue weighted by Crippen LogP contribution is 2.18. The van der Waals surface area contributed by atoms with Gasteiger partial charge < -0.3 is 30.4 Å². The van der Waals surface area contributed by atoms with Crippen LogP contribution in [-0.2, 0) is 62.6 Å². The van der Waals surface area contributed by atoms with Gasteiger partial charge in [-0.05, 0) is 129 Å². The molecular formula is C58H82N4O11S2. The van der Waals surface area contributed by atoms with Crippen LogP contribution in [-0.4, -0.2) is 114 Å². The molecule has 6 unspecified atom stereocenters. The molecule has 412 valence electrons. The van der Waals surface area contributed by atoms with Gasteiger partial charge in [0.25, 0.3) is 0 Å². The van der Waals surface area contributed by atoms with E-state index < -0.39 is 41.8 Å². The van der Waals surface area contributed by atoms with Gasteiger partial charge in [0.15, 0.2) is 5.78 Å². The van der Waals surface area contributed by atoms with E-state index >= 15 is 0 Å². The van der Waals surface area contributed by atoms with Crippen LogP contribution in [0, 0.1) is 6.92 Å². The third-order valence-electron chi connectivity index (χ3n) is 11.1. The molecule has 0 saturated carbocycles. The number of nitrogens with one attached hydrogen (secondary N) is 3. The number of nitrogens with two attached hydrogens (primary N) is 1. The van der Waals surface area contributed by atoms with Crippen molar-refractivity contribution >= 4 is 64.7 Å². The Morgan fingerprint density at radius 3 is 1.43 bits per heavy atom. The van der Waals surface area contributed by atoms with Gasteiger partial charge in [-0.3, -0.25) is 39.4 Å². The van der Waals surface area contributed by atoms with Gasteiger partial charge in [-0.15, -0.1) is 0 Å². The number of carboxylic acid groups (broad SMARTS) is 1. The Bertz CT molecular complexity index is 2310. The zero-order chi connectivity index (χ0) is 56.5. The summed E-state index contributed by atoms with van der Waals surface area (Å²) in [5.41, 5.74) is 11.0. The summed E-state index contributed by atoms with van der Waals surface area (Å²) in [5, 5.41) is 17.6. The number of carbonyl (C=O) groups is 7. The minimum atomic E-state index is -0.918. The van der Waals surface area contributed by atoms with Crippen LogP contribution in [0.4, 0.5) is 4.79 Å². The van der Waals surface area contributed by atoms with Crippen molar-refractivity contribution in [3.05, 3.63) is 137 Å². The fraction of sp³-hybridized carbons (Fsp3) is 0.466. The molecule has 0 aliphatic rings. The van der Waals surface area contributed by atoms with E-state index in [9.17, 15) is 33.6 Å². The number of carboxylic acids is 1. The van der Waals surface area contributed by atoms with Crippen molar-refractivity contribution in [2.75, 3.05) is 25.7 Å². The third kappa shape index (κ3) is 31.6. The molecule has 0 fully saturated rings. The van der Waals surface area contributed by atoms with Gasteiger partial charge in [-0.25, -0.2) is 4.79 Å². The Morgan fingerprint density at radius 1 is 0.587 bits per heavy atom. The second-order valence-corrected chi connectivity index (χ2v) is 21.0. The first kappa shape index (κ1) is 67.2. The lowest BCUT2D eigenvalue weighted by molar-refractivity contribution is -0.144. The molecule has 17 heteroatoms. The number of Topliss-reactive ketones (excluding diaryl/α,β-unsaturated/α-hetero) is 4. The molecule has 4 rings (SSSR count). The largest absolute Gasteiger partial charge is 0.497 e. The van der Waals surface area contributed by atoms with Crippen molar-refractivity contribution in [2.45, 2.75) is 148 Å². The smallest absolute Gasteiger partial charge is 0.408 e. The molecule has 6 N–H and O–H groups in total. The van der Waals surface area contributed by atoms with Gasteiger partial charge >= 0.3 is 18.0 Å². The van der Waals surface area contributed by atoms with E-state index in [2.05, 4.69) is 40.2 Å². The van der Waals surface area contributed by atoms with Crippen molar-refractivity contribution in [2.24, 2.45) is 5.73 Å². The number of aryl methyl sites for hydroxylation is 3. The molecule has 4 aromatic carbocycles. The number of benzene rings is 4. The fourth-order valence-electron chi connectivity index (χ4n) is 6.27. The second-order valence-electron chi connectivity index (χ2n) is 18.9. The van der Waals surface area contributed by atoms with Crippen LogP contribution in [0.5, 0.6) is 5.75 Å². The van der Waals surface area contributed by atoms with E-state index in [0.29, 0.717) is 30.8 Å². The molecular weight excluding hydrogens is 993 g/mol. The highest BCUT2D eigenvalue weighted by atomic mass is 32.2. The summed E-state index contributed by atoms with van der Waals surface area (Å²) in [7, 11) is 3.01. The summed E-state index contributed by atoms with van der Waals surface area (Å²) in [6, 6.07) is 33.0. The zero-order valence-electron chi connectivity index (χ0n) is 45.9. The first-order chi connectivity index (χ1) is 35.3. The first-order valence-corrected chi connectivity index (χ1v) is 27.2. The number of hydrogen-bond acceptors (Lipinski definition) is 15. The van der Waals surface area contributed by atoms with Crippen LogP contribution >= 0.6 is 23.5 Å². The number of esters is 1. The number of rotatable bonds is 26. The Labute approximate surface area is 454 Å². The van der Waals surface area contributed by atoms with Gasteiger partial charge in [0.05, 0.1) is 38.4 Å². The lowest BCUT2D eigenvalue weighted by Gasteiger charge is -2.22. The Morgan fingerprint density at radius 2 is 1.03 bits per heavy atom. The summed E-state index contributed by atoms with van der Waals surface area (Å²) >= 11 is 3.29. The molecule has 0 saturated heterocycles. The standard InChI is InChI=1S/C17H25NO3S.C15H21NO3.C14H19NO3.C12H17NO2S/c1-12-6-8-14(9-7-12)10-22-11-15(13(2)19)18-16(20)21-17(3,4)5;1-11(12(2)17)16-14(15(18)19-3)10-9-13-7-5-4-6-8-13;1-10(11(2)16)15-13(14(17)18)9-8-12-6-4-3-5-7-12;1-9(14)12(13)8-16-7-10-3-5-11(15-2)6-4-10/h6-9,15H,10-11H2,1-5H3,(H,18,20);4-8,11,14,16H,9-10H2,1-3H3;3-7,10,13,15H,8-9H2,1-2H3,(H,17,18);3-6,12H,7-8,13H2,1-2H3. The number of alkyl carbamates (subject to hydrolysis) is 1. The monoisotopic (exact) mass is 1070 g/mol. The van der Waals surface area contributed by atoms with Crippen molar-refractivity contribution in [1.82, 2.24) is 16.0 Å². The van der Waals surface area contributed by atoms with Crippen LogP contribution in [0.25, 0.3) is 0 Å². The molecule has 0 aliphatic carbocycles. The van der Waals surface area contributed by atoms with E-state index in [-0.39, 0.29) is 41.2 Å². The molecule has 15 nitrogen and oxygen atoms in total. The lowest BCUT2D eigenvalue weighted by Crippen LogP contribution is -2.45. The molecule has 0 spiro atoms. The summed E-state index contributed by atoms with van der Waals surface area (Å²) in [4.78, 5) is 79.5. The Hall–Kier alpha value is -5.85. The van der Waals surface area contributed by atoms with E-state index in [1.807, 2.05) is 91.9 Å². The second kappa shape index (κ2) is 37.0. The number of aliphatic carboxylic acids is 1. The van der Waals surface area contributed by atoms with Crippen molar-refractivity contribution in [3.63, 3.8) is 0 Å². The number of carbonyl (C=O) groups excluding carboxylic acids is 6. The number of thioether (sulfide) groups is 2. The summed E-state index contributed by atoms with van der Waals surface area (Å²) in [6.07, 6.45) is 1.96. The Balaban J connectivity index is 0.000000503. The van der Waals surface area contributed by atoms with E-state index in [1.165, 1.54) is 51.5 Å². The van der Waals surface area contributed by atoms with E-state index in [4.69, 9.17) is 25.1 Å². The van der Waals surface area contributed by atoms with Crippen molar-refractivity contribution < 1.29 is 52.9 Å². The van der Waals surface area contributed by atoms with Crippen molar-refractivity contribution in [3.8, 4) is 5.75 Å². The van der Waals surface area contributed by atoms with E-state index in [1.54, 1.807) is 65.3 Å². The first-order valence-electron chi connectivity index (χ1n) is 24.9. The molecule has 1 amide bonds. The average molecular weight is 1080 g/mol. The van der Waals surface area contributed by atoms with Gasteiger partial charge in [0.2, 0.25) is 0 Å². The normalized spacial score (nSPS) is 13.1. The maximum Gasteiger partial charge on any atom is 0.408 e. The highest BCUT2D eigenvalue weighted by molar-refractivity contribution is 7.98. The predicted octanol–water partition coefficient (Wildman–Crippen LogP) is 8.92. The van der Waals surface area contributed by atoms with Gasteiger partial charge in [0.1, 0.15) is 40.8 Å². The van der Waals surface area contributed by atoms with Gasteiger partial charge in [0, 0.05) is 23.0 Å². The van der Waals surface area contributed by atoms with E-state index in [0.717, 1.165) is 34.8 Å². The van der Waals surface area contributed by atoms with Crippen LogP contribution in [0.3, 0.4) is 0 Å². The molecule has 0 bridgehead atoms. The highest BCUT2D eigenvalue weighted by Gasteiger charge is 2.24. The Kier molecular flexibility index (Phi) is 33.1. The SMILES string of the molecule is CC(=O)C(C)NC(CCc1ccccc1)C(=O)O.CC(=O)C(CSCc1ccc(C)cc1)NC(=O)OC(C)(C)C.COC(=O)C(CCc1ccccc1)NC(C)C(C)=O.COc1ccc(CSCC(N)C(C)=O)cc1. The number of amides is 1. The maximum atomic E-state index is 11.7.